The van der Waals surface area contributed by atoms with Crippen molar-refractivity contribution in [2.45, 2.75) is 33.6 Å². The summed E-state index contributed by atoms with van der Waals surface area (Å²) in [6.45, 7) is 6.09. The van der Waals surface area contributed by atoms with Crippen molar-refractivity contribution >= 4 is 27.3 Å². The molecule has 1 aromatic heterocycles. The lowest BCUT2D eigenvalue weighted by atomic mass is 10.1. The molecule has 0 fully saturated rings. The zero-order valence-corrected chi connectivity index (χ0v) is 10.6. The number of aryl methyl sites for hydroxylation is 2. The van der Waals surface area contributed by atoms with E-state index in [1.54, 1.807) is 11.3 Å². The molecule has 0 bridgehead atoms. The van der Waals surface area contributed by atoms with Crippen LogP contribution in [0.25, 0.3) is 0 Å². The Morgan fingerprint density at radius 3 is 2.54 bits per heavy atom. The molecule has 0 N–H and O–H groups in total. The third-order valence-electron chi connectivity index (χ3n) is 1.50. The maximum Gasteiger partial charge on any atom is 0.0704 e. The van der Waals surface area contributed by atoms with E-state index >= 15 is 0 Å². The van der Waals surface area contributed by atoms with Crippen LogP contribution in [0.2, 0.25) is 0 Å². The van der Waals surface area contributed by atoms with Gasteiger partial charge < -0.3 is 0 Å². The second-order valence-electron chi connectivity index (χ2n) is 2.29. The van der Waals surface area contributed by atoms with Crippen molar-refractivity contribution in [3.05, 3.63) is 20.3 Å². The van der Waals surface area contributed by atoms with Crippen molar-refractivity contribution in [2.75, 3.05) is 0 Å². The average molecular weight is 260 g/mol. The molecule has 1 heterocycles. The van der Waals surface area contributed by atoms with Gasteiger partial charge in [0.25, 0.3) is 0 Å². The molecular formula is C10H14BrNS. The Morgan fingerprint density at radius 1 is 1.54 bits per heavy atom. The van der Waals surface area contributed by atoms with Crippen LogP contribution in [-0.4, -0.2) is 0 Å². The second-order valence-corrected chi connectivity index (χ2v) is 4.93. The van der Waals surface area contributed by atoms with Crippen molar-refractivity contribution in [3.63, 3.8) is 0 Å². The smallest absolute Gasteiger partial charge is 0.0704 e. The summed E-state index contributed by atoms with van der Waals surface area (Å²) in [6, 6.07) is 4.24. The van der Waals surface area contributed by atoms with Gasteiger partial charge in [0, 0.05) is 11.3 Å². The van der Waals surface area contributed by atoms with Crippen molar-refractivity contribution in [2.24, 2.45) is 0 Å². The highest BCUT2D eigenvalue weighted by Crippen LogP contribution is 2.26. The van der Waals surface area contributed by atoms with E-state index in [0.29, 0.717) is 6.42 Å². The van der Waals surface area contributed by atoms with E-state index < -0.39 is 0 Å². The van der Waals surface area contributed by atoms with E-state index in [2.05, 4.69) is 35.0 Å². The van der Waals surface area contributed by atoms with E-state index in [4.69, 9.17) is 5.26 Å². The molecule has 1 nitrogen and oxygen atoms in total. The molecule has 0 spiro atoms. The number of halogens is 1. The van der Waals surface area contributed by atoms with Crippen molar-refractivity contribution in [1.82, 2.24) is 0 Å². The summed E-state index contributed by atoms with van der Waals surface area (Å²) >= 11 is 5.14. The highest BCUT2D eigenvalue weighted by atomic mass is 79.9. The van der Waals surface area contributed by atoms with E-state index in [9.17, 15) is 0 Å². The van der Waals surface area contributed by atoms with Crippen LogP contribution in [0.3, 0.4) is 0 Å². The molecule has 0 atom stereocenters. The number of hydrogen-bond acceptors (Lipinski definition) is 2. The van der Waals surface area contributed by atoms with Crippen LogP contribution in [-0.2, 0) is 6.42 Å². The molecule has 0 aliphatic carbocycles. The van der Waals surface area contributed by atoms with Gasteiger partial charge in [-0.05, 0) is 40.9 Å². The number of hydrogen-bond donors (Lipinski definition) is 0. The summed E-state index contributed by atoms with van der Waals surface area (Å²) in [7, 11) is 0. The van der Waals surface area contributed by atoms with Crippen LogP contribution in [0.15, 0.2) is 9.85 Å². The molecule has 13 heavy (non-hydrogen) atoms. The molecule has 0 aliphatic heterocycles. The Morgan fingerprint density at radius 2 is 2.15 bits per heavy atom. The lowest BCUT2D eigenvalue weighted by molar-refractivity contribution is 1.01. The van der Waals surface area contributed by atoms with Gasteiger partial charge in [0.2, 0.25) is 0 Å². The highest BCUT2D eigenvalue weighted by molar-refractivity contribution is 9.11. The van der Waals surface area contributed by atoms with E-state index in [1.165, 1.54) is 10.4 Å². The van der Waals surface area contributed by atoms with Crippen LogP contribution >= 0.6 is 27.3 Å². The standard InChI is InChI=1S/C8H8BrNS.C2H6/c1-6-7(3-2-4-10)5-8(9)11-6;1-2/h5H,2-3H2,1H3;1-2H3. The fourth-order valence-corrected chi connectivity index (χ4v) is 2.71. The second kappa shape index (κ2) is 7.11. The topological polar surface area (TPSA) is 23.8 Å². The number of nitriles is 1. The van der Waals surface area contributed by atoms with Crippen LogP contribution in [0, 0.1) is 18.3 Å². The van der Waals surface area contributed by atoms with Gasteiger partial charge in [-0.3, -0.25) is 0 Å². The van der Waals surface area contributed by atoms with Crippen molar-refractivity contribution in [1.29, 1.82) is 5.26 Å². The number of thiophene rings is 1. The van der Waals surface area contributed by atoms with Gasteiger partial charge in [-0.1, -0.05) is 13.8 Å². The fourth-order valence-electron chi connectivity index (χ4n) is 0.919. The SMILES string of the molecule is CC.Cc1sc(Br)cc1CCC#N. The summed E-state index contributed by atoms with van der Waals surface area (Å²) in [5.74, 6) is 0. The Labute approximate surface area is 92.5 Å². The molecule has 1 rings (SSSR count). The summed E-state index contributed by atoms with van der Waals surface area (Å²) in [5.41, 5.74) is 1.29. The molecule has 0 unspecified atom stereocenters. The number of nitrogens with zero attached hydrogens (tertiary/aromatic N) is 1. The maximum absolute atomic E-state index is 8.37. The first-order valence-electron chi connectivity index (χ1n) is 4.36. The third kappa shape index (κ3) is 4.44. The third-order valence-corrected chi connectivity index (χ3v) is 3.09. The van der Waals surface area contributed by atoms with Crippen molar-refractivity contribution in [3.8, 4) is 6.07 Å². The monoisotopic (exact) mass is 259 g/mol. The van der Waals surface area contributed by atoms with E-state index in [0.717, 1.165) is 10.2 Å². The molecule has 3 heteroatoms. The first kappa shape index (κ1) is 12.7. The molecule has 72 valence electrons. The first-order chi connectivity index (χ1) is 6.24. The van der Waals surface area contributed by atoms with E-state index in [1.807, 2.05) is 13.8 Å². The fraction of sp³-hybridized carbons (Fsp3) is 0.500. The minimum atomic E-state index is 0.615. The average Bonchev–Trinajstić information content (AvgIpc) is 2.45. The molecule has 1 aromatic rings. The largest absolute Gasteiger partial charge is 0.198 e. The van der Waals surface area contributed by atoms with Crippen LogP contribution in [0.4, 0.5) is 0 Å². The van der Waals surface area contributed by atoms with Crippen LogP contribution in [0.1, 0.15) is 30.7 Å². The Balaban J connectivity index is 0.000000671. The highest BCUT2D eigenvalue weighted by Gasteiger charge is 2.01. The van der Waals surface area contributed by atoms with Crippen LogP contribution < -0.4 is 0 Å². The quantitative estimate of drug-likeness (QED) is 0.777. The van der Waals surface area contributed by atoms with Crippen LogP contribution in [0.5, 0.6) is 0 Å². The van der Waals surface area contributed by atoms with Gasteiger partial charge in [0.15, 0.2) is 0 Å². The minimum Gasteiger partial charge on any atom is -0.198 e. The van der Waals surface area contributed by atoms with Gasteiger partial charge in [0.05, 0.1) is 9.86 Å². The predicted molar refractivity (Wildman–Crippen MR) is 62.0 cm³/mol. The zero-order valence-electron chi connectivity index (χ0n) is 8.22. The normalized spacial score (nSPS) is 8.54. The predicted octanol–water partition coefficient (Wildman–Crippen LogP) is 4.30. The Bertz CT molecular complexity index is 286. The zero-order chi connectivity index (χ0) is 10.3. The van der Waals surface area contributed by atoms with E-state index in [-0.39, 0.29) is 0 Å². The lowest BCUT2D eigenvalue weighted by Gasteiger charge is -1.91. The van der Waals surface area contributed by atoms with Gasteiger partial charge in [-0.25, -0.2) is 0 Å². The molecule has 0 saturated heterocycles. The Hall–Kier alpha value is -0.330. The van der Waals surface area contributed by atoms with Gasteiger partial charge >= 0.3 is 0 Å². The number of rotatable bonds is 2. The molecule has 0 aliphatic rings. The van der Waals surface area contributed by atoms with Gasteiger partial charge in [-0.15, -0.1) is 11.3 Å². The molecule has 0 saturated carbocycles. The minimum absolute atomic E-state index is 0.615. The summed E-state index contributed by atoms with van der Waals surface area (Å²) in [4.78, 5) is 1.31. The molecular weight excluding hydrogens is 246 g/mol. The summed E-state index contributed by atoms with van der Waals surface area (Å²) in [5, 5.41) is 8.37. The first-order valence-corrected chi connectivity index (χ1v) is 5.96. The maximum atomic E-state index is 8.37. The lowest BCUT2D eigenvalue weighted by Crippen LogP contribution is -1.80. The molecule has 0 aromatic carbocycles. The Kier molecular flexibility index (Phi) is 6.93. The summed E-state index contributed by atoms with van der Waals surface area (Å²) in [6.07, 6.45) is 1.49. The summed E-state index contributed by atoms with van der Waals surface area (Å²) < 4.78 is 1.16. The molecule has 0 amide bonds. The van der Waals surface area contributed by atoms with Crippen molar-refractivity contribution < 1.29 is 0 Å². The molecule has 0 radical (unpaired) electrons. The van der Waals surface area contributed by atoms with Gasteiger partial charge in [-0.2, -0.15) is 5.26 Å². The van der Waals surface area contributed by atoms with Gasteiger partial charge in [0.1, 0.15) is 0 Å².